The predicted octanol–water partition coefficient (Wildman–Crippen LogP) is 1.48. The van der Waals surface area contributed by atoms with Crippen molar-refractivity contribution in [3.63, 3.8) is 0 Å². The number of nitrogens with one attached hydrogen (secondary N) is 2. The first kappa shape index (κ1) is 16.8. The summed E-state index contributed by atoms with van der Waals surface area (Å²) in [5.41, 5.74) is 2.86. The topological polar surface area (TPSA) is 131 Å². The Hall–Kier alpha value is -2.60. The fraction of sp³-hybridized carbons (Fsp3) is 0.214. The largest absolute Gasteiger partial charge is 0.347 e. The molecule has 134 valence electrons. The zero-order chi connectivity index (χ0) is 18.5. The molecule has 0 unspecified atom stereocenters. The van der Waals surface area contributed by atoms with Crippen molar-refractivity contribution in [2.45, 2.75) is 18.6 Å². The average Bonchev–Trinajstić information content (AvgIpc) is 3.17. The van der Waals surface area contributed by atoms with Crippen LogP contribution in [0.1, 0.15) is 11.4 Å². The number of anilines is 1. The van der Waals surface area contributed by atoms with E-state index in [4.69, 9.17) is 0 Å². The summed E-state index contributed by atoms with van der Waals surface area (Å²) in [5.74, 6) is 0.881. The summed E-state index contributed by atoms with van der Waals surface area (Å²) in [6.07, 6.45) is 4.28. The number of H-pyrrole nitrogens is 1. The number of rotatable bonds is 4. The molecule has 0 aliphatic heterocycles. The first-order valence-corrected chi connectivity index (χ1v) is 10.2. The minimum absolute atomic E-state index is 0.242. The highest BCUT2D eigenvalue weighted by Gasteiger charge is 2.18. The van der Waals surface area contributed by atoms with Crippen LogP contribution in [0.2, 0.25) is 0 Å². The van der Waals surface area contributed by atoms with Gasteiger partial charge in [0, 0.05) is 12.5 Å². The summed E-state index contributed by atoms with van der Waals surface area (Å²) >= 11 is 3.31. The number of aromatic nitrogens is 7. The molecule has 26 heavy (non-hydrogen) atoms. The number of nitrogens with zero attached hydrogens (tertiary/aromatic N) is 6. The van der Waals surface area contributed by atoms with Crippen molar-refractivity contribution in [1.29, 1.82) is 0 Å². The van der Waals surface area contributed by atoms with Crippen molar-refractivity contribution in [2.24, 2.45) is 0 Å². The molecule has 10 nitrogen and oxygen atoms in total. The van der Waals surface area contributed by atoms with Gasteiger partial charge in [0.15, 0.2) is 11.3 Å². The fourth-order valence-corrected chi connectivity index (χ4v) is 3.29. The first-order valence-electron chi connectivity index (χ1n) is 7.48. The van der Waals surface area contributed by atoms with Gasteiger partial charge < -0.3 is 10.3 Å². The normalized spacial score (nSPS) is 12.1. The standard InChI is InChI=1S/C14H13BrN8O2S/c1-7-3-4-16-11-10(7)19-9(20-11)6-17-13-22-14(26(2,24)25)21-12-8(15)5-18-23(12)13/h3-5H,6H2,1-2H3,(H,16,19,20)(H,17,21,22). The van der Waals surface area contributed by atoms with E-state index in [-0.39, 0.29) is 17.6 Å². The number of sulfone groups is 1. The number of fused-ring (bicyclic) bond motifs is 2. The third-order valence-corrected chi connectivity index (χ3v) is 5.10. The lowest BCUT2D eigenvalue weighted by molar-refractivity contribution is 0.592. The summed E-state index contributed by atoms with van der Waals surface area (Å²) in [6.45, 7) is 2.25. The molecule has 0 aromatic carbocycles. The Labute approximate surface area is 156 Å². The molecular weight excluding hydrogens is 424 g/mol. The lowest BCUT2D eigenvalue weighted by Crippen LogP contribution is -2.13. The quantitative estimate of drug-likeness (QED) is 0.491. The van der Waals surface area contributed by atoms with Gasteiger partial charge in [-0.05, 0) is 34.5 Å². The Morgan fingerprint density at radius 3 is 2.85 bits per heavy atom. The van der Waals surface area contributed by atoms with E-state index < -0.39 is 9.84 Å². The van der Waals surface area contributed by atoms with Crippen LogP contribution in [0.5, 0.6) is 0 Å². The molecule has 0 bridgehead atoms. The van der Waals surface area contributed by atoms with Crippen LogP contribution in [0, 0.1) is 6.92 Å². The monoisotopic (exact) mass is 436 g/mol. The second-order valence-electron chi connectivity index (χ2n) is 5.69. The van der Waals surface area contributed by atoms with E-state index in [9.17, 15) is 8.42 Å². The van der Waals surface area contributed by atoms with Gasteiger partial charge in [0.2, 0.25) is 15.8 Å². The molecule has 4 heterocycles. The lowest BCUT2D eigenvalue weighted by Gasteiger charge is -2.07. The highest BCUT2D eigenvalue weighted by Crippen LogP contribution is 2.20. The van der Waals surface area contributed by atoms with Gasteiger partial charge in [-0.3, -0.25) is 0 Å². The minimum Gasteiger partial charge on any atom is -0.347 e. The lowest BCUT2D eigenvalue weighted by atomic mass is 10.3. The van der Waals surface area contributed by atoms with Crippen LogP contribution >= 0.6 is 15.9 Å². The maximum Gasteiger partial charge on any atom is 0.252 e. The molecule has 4 aromatic rings. The van der Waals surface area contributed by atoms with Gasteiger partial charge in [0.1, 0.15) is 5.82 Å². The molecule has 0 fully saturated rings. The Balaban J connectivity index is 1.73. The van der Waals surface area contributed by atoms with E-state index in [1.54, 1.807) is 6.20 Å². The number of aromatic amines is 1. The Bertz CT molecular complexity index is 1250. The SMILES string of the molecule is Cc1ccnc2nc(CNc3nc(S(C)(=O)=O)nc4c(Br)cnn34)[nH]c12. The molecule has 2 N–H and O–H groups in total. The van der Waals surface area contributed by atoms with Crippen molar-refractivity contribution in [1.82, 2.24) is 34.5 Å². The molecule has 0 radical (unpaired) electrons. The van der Waals surface area contributed by atoms with Crippen molar-refractivity contribution < 1.29 is 8.42 Å². The number of imidazole rings is 1. The van der Waals surface area contributed by atoms with Gasteiger partial charge in [-0.25, -0.2) is 18.4 Å². The summed E-state index contributed by atoms with van der Waals surface area (Å²) in [5, 5.41) is 6.93. The summed E-state index contributed by atoms with van der Waals surface area (Å²) < 4.78 is 25.7. The molecule has 4 aromatic heterocycles. The van der Waals surface area contributed by atoms with Crippen molar-refractivity contribution in [2.75, 3.05) is 11.6 Å². The molecular formula is C14H13BrN8O2S. The first-order chi connectivity index (χ1) is 12.3. The number of pyridine rings is 1. The van der Waals surface area contributed by atoms with E-state index in [0.29, 0.717) is 21.6 Å². The van der Waals surface area contributed by atoms with E-state index in [1.807, 2.05) is 13.0 Å². The molecule has 12 heteroatoms. The van der Waals surface area contributed by atoms with Gasteiger partial charge in [-0.1, -0.05) is 0 Å². The highest BCUT2D eigenvalue weighted by molar-refractivity contribution is 9.10. The third kappa shape index (κ3) is 2.90. The fourth-order valence-electron chi connectivity index (χ4n) is 2.44. The van der Waals surface area contributed by atoms with Gasteiger partial charge in [-0.2, -0.15) is 19.6 Å². The predicted molar refractivity (Wildman–Crippen MR) is 97.5 cm³/mol. The van der Waals surface area contributed by atoms with Crippen molar-refractivity contribution in [3.8, 4) is 0 Å². The Morgan fingerprint density at radius 2 is 2.12 bits per heavy atom. The van der Waals surface area contributed by atoms with Crippen LogP contribution in [0.4, 0.5) is 5.95 Å². The maximum absolute atomic E-state index is 11.9. The van der Waals surface area contributed by atoms with Gasteiger partial charge in [-0.15, -0.1) is 0 Å². The summed E-state index contributed by atoms with van der Waals surface area (Å²) in [4.78, 5) is 20.0. The Morgan fingerprint density at radius 1 is 1.31 bits per heavy atom. The van der Waals surface area contributed by atoms with Gasteiger partial charge in [0.05, 0.1) is 22.7 Å². The van der Waals surface area contributed by atoms with Crippen LogP contribution in [0.3, 0.4) is 0 Å². The molecule has 0 aliphatic carbocycles. The Kier molecular flexibility index (Phi) is 3.88. The number of halogens is 1. The molecule has 0 spiro atoms. The van der Waals surface area contributed by atoms with Crippen molar-refractivity contribution >= 4 is 48.5 Å². The average molecular weight is 437 g/mol. The second kappa shape index (κ2) is 5.99. The van der Waals surface area contributed by atoms with E-state index in [2.05, 4.69) is 51.3 Å². The maximum atomic E-state index is 11.9. The van der Waals surface area contributed by atoms with Crippen LogP contribution in [0.25, 0.3) is 16.8 Å². The van der Waals surface area contributed by atoms with Crippen LogP contribution < -0.4 is 5.32 Å². The second-order valence-corrected chi connectivity index (χ2v) is 8.46. The van der Waals surface area contributed by atoms with E-state index in [1.165, 1.54) is 10.7 Å². The van der Waals surface area contributed by atoms with Gasteiger partial charge >= 0.3 is 0 Å². The smallest absolute Gasteiger partial charge is 0.252 e. The third-order valence-electron chi connectivity index (χ3n) is 3.70. The molecule has 0 atom stereocenters. The molecule has 0 saturated heterocycles. The summed E-state index contributed by atoms with van der Waals surface area (Å²) in [7, 11) is -3.58. The number of hydrogen-bond acceptors (Lipinski definition) is 8. The zero-order valence-corrected chi connectivity index (χ0v) is 16.1. The van der Waals surface area contributed by atoms with E-state index >= 15 is 0 Å². The van der Waals surface area contributed by atoms with Crippen molar-refractivity contribution in [3.05, 3.63) is 34.3 Å². The molecule has 0 aliphatic rings. The van der Waals surface area contributed by atoms with Crippen LogP contribution in [0.15, 0.2) is 28.1 Å². The van der Waals surface area contributed by atoms with Gasteiger partial charge in [0.25, 0.3) is 5.16 Å². The molecule has 0 saturated carbocycles. The number of hydrogen-bond donors (Lipinski definition) is 2. The highest BCUT2D eigenvalue weighted by atomic mass is 79.9. The molecule has 0 amide bonds. The molecule has 4 rings (SSSR count). The van der Waals surface area contributed by atoms with Crippen LogP contribution in [-0.4, -0.2) is 49.2 Å². The minimum atomic E-state index is -3.58. The van der Waals surface area contributed by atoms with E-state index in [0.717, 1.165) is 17.3 Å². The summed E-state index contributed by atoms with van der Waals surface area (Å²) in [6, 6.07) is 1.89. The zero-order valence-electron chi connectivity index (χ0n) is 13.7. The van der Waals surface area contributed by atoms with Crippen LogP contribution in [-0.2, 0) is 16.4 Å². The number of aryl methyl sites for hydroxylation is 1.